The first-order valence-electron chi connectivity index (χ1n) is 30.8. The lowest BCUT2D eigenvalue weighted by Gasteiger charge is -2.25. The highest BCUT2D eigenvalue weighted by Crippen LogP contribution is 2.38. The third-order valence-corrected chi connectivity index (χ3v) is 15.8. The summed E-state index contributed by atoms with van der Waals surface area (Å²) in [5.41, 5.74) is 0.808. The Bertz CT molecular complexity index is 1760. The summed E-state index contributed by atoms with van der Waals surface area (Å²) in [6.45, 7) is 2.50. The number of aliphatic hydroxyl groups excluding tert-OH is 5. The van der Waals surface area contributed by atoms with Gasteiger partial charge >= 0.3 is 11.9 Å². The van der Waals surface area contributed by atoms with Crippen LogP contribution in [0.4, 0.5) is 0 Å². The van der Waals surface area contributed by atoms with Crippen LogP contribution in [0.25, 0.3) is 0 Å². The second-order valence-corrected chi connectivity index (χ2v) is 23.2. The maximum atomic E-state index is 12.9. The number of phosphoric acid groups is 1. The summed E-state index contributed by atoms with van der Waals surface area (Å²) in [6.07, 6.45) is 29.3. The highest BCUT2D eigenvalue weighted by atomic mass is 31.2. The molecule has 8 atom stereocenters. The maximum absolute atomic E-state index is 12.9. The highest BCUT2D eigenvalue weighted by Gasteiger charge is 2.52. The number of benzene rings is 1. The summed E-state index contributed by atoms with van der Waals surface area (Å²) in [4.78, 5) is 63.1. The number of esters is 2. The van der Waals surface area contributed by atoms with Crippen molar-refractivity contribution in [2.75, 3.05) is 39.5 Å². The van der Waals surface area contributed by atoms with Crippen LogP contribution in [0.3, 0.4) is 0 Å². The lowest BCUT2D eigenvalue weighted by atomic mass is 10.00. The van der Waals surface area contributed by atoms with E-state index in [1.54, 1.807) is 24.3 Å². The number of hydrogen-bond donors (Lipinski definition) is 7. The van der Waals surface area contributed by atoms with E-state index in [1.165, 1.54) is 141 Å². The van der Waals surface area contributed by atoms with Crippen molar-refractivity contribution in [1.29, 1.82) is 0 Å². The van der Waals surface area contributed by atoms with Crippen molar-refractivity contribution >= 4 is 31.6 Å². The molecule has 0 saturated heterocycles. The number of hydrogen-bond acceptors (Lipinski definition) is 16. The van der Waals surface area contributed by atoms with E-state index in [9.17, 15) is 54.2 Å². The van der Waals surface area contributed by atoms with Crippen LogP contribution in [0.2, 0.25) is 0 Å². The monoisotopic (exact) mass is 1140 g/mol. The van der Waals surface area contributed by atoms with Gasteiger partial charge in [0, 0.05) is 44.7 Å². The fraction of sp³-hybridized carbons (Fsp3) is 0.833. The first-order valence-corrected chi connectivity index (χ1v) is 32.2. The van der Waals surface area contributed by atoms with E-state index in [1.807, 2.05) is 0 Å². The van der Waals surface area contributed by atoms with Gasteiger partial charge in [0.05, 0.1) is 44.1 Å². The van der Waals surface area contributed by atoms with E-state index in [-0.39, 0.29) is 57.0 Å². The smallest absolute Gasteiger partial charge is 0.306 e. The first-order chi connectivity index (χ1) is 38.2. The Balaban J connectivity index is 1.68. The van der Waals surface area contributed by atoms with Crippen molar-refractivity contribution in [3.63, 3.8) is 0 Å². The van der Waals surface area contributed by atoms with Gasteiger partial charge in [-0.3, -0.25) is 23.7 Å². The average Bonchev–Trinajstić information content (AvgIpc) is 3.68. The fourth-order valence-electron chi connectivity index (χ4n) is 9.89. The number of aliphatic hydroxyl groups is 5. The van der Waals surface area contributed by atoms with Crippen LogP contribution in [0.15, 0.2) is 24.3 Å². The SMILES string of the molecule is CCCCCCCCCCCCCCCCCC(=O)OCC(COP(=O)([O-])OCCNC(=O)CCC(=O)NCCc1ccc(O[C@@H](O)C2C(O)C(CO)[C@@H](O)C2O)cc1)OC(=O)CCCCCCCCCCCCCCCCC. The summed E-state index contributed by atoms with van der Waals surface area (Å²) >= 11 is 0. The van der Waals surface area contributed by atoms with Crippen molar-refractivity contribution in [2.24, 2.45) is 11.8 Å². The zero-order valence-electron chi connectivity index (χ0n) is 48.5. The van der Waals surface area contributed by atoms with Gasteiger partial charge in [-0.05, 0) is 37.0 Å². The summed E-state index contributed by atoms with van der Waals surface area (Å²) in [7, 11) is -4.94. The van der Waals surface area contributed by atoms with Crippen LogP contribution >= 0.6 is 7.82 Å². The van der Waals surface area contributed by atoms with Gasteiger partial charge < -0.3 is 64.3 Å². The number of ether oxygens (including phenoxy) is 3. The summed E-state index contributed by atoms with van der Waals surface area (Å²) < 4.78 is 39.1. The molecule has 0 heterocycles. The minimum Gasteiger partial charge on any atom is -0.756 e. The largest absolute Gasteiger partial charge is 0.756 e. The molecule has 79 heavy (non-hydrogen) atoms. The van der Waals surface area contributed by atoms with Gasteiger partial charge in [0.2, 0.25) is 18.1 Å². The molecule has 0 aromatic heterocycles. The summed E-state index contributed by atoms with van der Waals surface area (Å²) in [6, 6.07) is 6.49. The Kier molecular flexibility index (Phi) is 42.2. The Labute approximate surface area is 474 Å². The summed E-state index contributed by atoms with van der Waals surface area (Å²) in [5, 5.41) is 55.7. The van der Waals surface area contributed by atoms with Crippen LogP contribution < -0.4 is 20.3 Å². The predicted octanol–water partition coefficient (Wildman–Crippen LogP) is 9.74. The molecule has 0 spiro atoms. The van der Waals surface area contributed by atoms with Crippen molar-refractivity contribution in [1.82, 2.24) is 10.6 Å². The lowest BCUT2D eigenvalue weighted by molar-refractivity contribution is -0.228. The van der Waals surface area contributed by atoms with Crippen LogP contribution in [-0.2, 0) is 48.7 Å². The van der Waals surface area contributed by atoms with E-state index >= 15 is 0 Å². The van der Waals surface area contributed by atoms with Gasteiger partial charge in [-0.25, -0.2) is 0 Å². The molecule has 1 aliphatic carbocycles. The summed E-state index contributed by atoms with van der Waals surface area (Å²) in [5.74, 6) is -3.93. The van der Waals surface area contributed by atoms with Crippen LogP contribution in [-0.4, -0.2) is 120 Å². The lowest BCUT2D eigenvalue weighted by Crippen LogP contribution is -2.40. The van der Waals surface area contributed by atoms with Gasteiger partial charge in [0.1, 0.15) is 12.4 Å². The Morgan fingerprint density at radius 2 is 0.987 bits per heavy atom. The molecule has 0 bridgehead atoms. The molecule has 2 rings (SSSR count). The molecule has 0 radical (unpaired) electrons. The van der Waals surface area contributed by atoms with Crippen molar-refractivity contribution in [2.45, 2.75) is 269 Å². The van der Waals surface area contributed by atoms with E-state index in [0.717, 1.165) is 44.1 Å². The van der Waals surface area contributed by atoms with Crippen molar-refractivity contribution in [3.05, 3.63) is 29.8 Å². The van der Waals surface area contributed by atoms with Gasteiger partial charge in [0.25, 0.3) is 7.82 Å². The quantitative estimate of drug-likeness (QED) is 0.0138. The van der Waals surface area contributed by atoms with E-state index in [4.69, 9.17) is 23.3 Å². The molecule has 1 fully saturated rings. The molecule has 1 aliphatic rings. The second kappa shape index (κ2) is 46.3. The second-order valence-electron chi connectivity index (χ2n) is 21.8. The fourth-order valence-corrected chi connectivity index (χ4v) is 10.6. The zero-order valence-corrected chi connectivity index (χ0v) is 49.4. The molecule has 18 nitrogen and oxygen atoms in total. The van der Waals surface area contributed by atoms with E-state index in [2.05, 4.69) is 24.5 Å². The van der Waals surface area contributed by atoms with Crippen LogP contribution in [0, 0.1) is 11.8 Å². The van der Waals surface area contributed by atoms with Crippen molar-refractivity contribution < 1.29 is 77.4 Å². The van der Waals surface area contributed by atoms with Gasteiger partial charge in [-0.2, -0.15) is 0 Å². The minimum atomic E-state index is -4.94. The third-order valence-electron chi connectivity index (χ3n) is 14.8. The molecule has 1 saturated carbocycles. The molecule has 7 N–H and O–H groups in total. The number of carbonyl (C=O) groups excluding carboxylic acids is 4. The number of nitrogens with one attached hydrogen (secondary N) is 2. The molecule has 0 aliphatic heterocycles. The molecule has 19 heteroatoms. The Hall–Kier alpha value is -3.19. The number of phosphoric ester groups is 1. The normalized spacial score (nSPS) is 18.7. The number of rotatable bonds is 52. The Morgan fingerprint density at radius 3 is 1.43 bits per heavy atom. The van der Waals surface area contributed by atoms with E-state index in [0.29, 0.717) is 19.3 Å². The molecule has 2 amide bonds. The van der Waals surface area contributed by atoms with Crippen LogP contribution in [0.5, 0.6) is 5.75 Å². The highest BCUT2D eigenvalue weighted by molar-refractivity contribution is 7.45. The van der Waals surface area contributed by atoms with Crippen LogP contribution in [0.1, 0.15) is 238 Å². The predicted molar refractivity (Wildman–Crippen MR) is 304 cm³/mol. The average molecular weight is 1140 g/mol. The molecule has 458 valence electrons. The Morgan fingerprint density at radius 1 is 0.557 bits per heavy atom. The molecular formula is C60H106N2O16P-. The van der Waals surface area contributed by atoms with Gasteiger partial charge in [0.15, 0.2) is 6.10 Å². The molecule has 6 unspecified atom stereocenters. The maximum Gasteiger partial charge on any atom is 0.306 e. The standard InChI is InChI=1S/C60H107N2O16P/c1-3-5-7-9-11-13-15-17-19-21-23-25-27-29-31-33-54(66)74-46-50(77-55(67)34-32-30-28-26-24-22-20-18-16-14-12-10-8-6-4-2)47-76-79(72,73)75-44-43-62-53(65)40-39-52(64)61-42-41-48-35-37-49(38-36-48)78-60(71)56-57(68)51(45-63)58(69)59(56)70/h35-38,50-51,56-60,63,68-71H,3-34,39-47H2,1-2H3,(H,61,64)(H,62,65)(H,72,73)/p-1/t50?,51?,56?,57?,58-,59?,60-/m1/s1. The number of unbranched alkanes of at least 4 members (excludes halogenated alkanes) is 28. The molecule has 1 aromatic rings. The number of amides is 2. The topological polar surface area (TPSA) is 280 Å². The third kappa shape index (κ3) is 36.1. The number of carbonyl (C=O) groups is 4. The zero-order chi connectivity index (χ0) is 57.8. The van der Waals surface area contributed by atoms with Gasteiger partial charge in [-0.15, -0.1) is 0 Å². The minimum absolute atomic E-state index is 0.130. The van der Waals surface area contributed by atoms with E-state index < -0.39 is 88.0 Å². The molecular weight excluding hydrogens is 1040 g/mol. The molecule has 1 aromatic carbocycles. The van der Waals surface area contributed by atoms with Gasteiger partial charge in [-0.1, -0.05) is 206 Å². The van der Waals surface area contributed by atoms with Crippen molar-refractivity contribution in [3.8, 4) is 5.75 Å². The first kappa shape index (κ1) is 71.9.